The third-order valence-electron chi connectivity index (χ3n) is 7.63. The molecule has 0 spiro atoms. The summed E-state index contributed by atoms with van der Waals surface area (Å²) in [5.41, 5.74) is 3.10. The normalized spacial score (nSPS) is 26.8. The van der Waals surface area contributed by atoms with E-state index in [2.05, 4.69) is 11.9 Å². The molecule has 4 aliphatic carbocycles. The molecule has 2 aromatic carbocycles. The number of nitrogens with zero attached hydrogens (tertiary/aromatic N) is 1. The molecule has 1 N–H and O–H groups in total. The second-order valence-corrected chi connectivity index (χ2v) is 10.6. The van der Waals surface area contributed by atoms with Gasteiger partial charge in [-0.05, 0) is 79.3 Å². The number of carbonyl (C=O) groups is 1. The number of rotatable bonds is 4. The van der Waals surface area contributed by atoms with Crippen LogP contribution in [0.25, 0.3) is 15.8 Å². The van der Waals surface area contributed by atoms with Gasteiger partial charge in [0.15, 0.2) is 5.78 Å². The van der Waals surface area contributed by atoms with Crippen LogP contribution in [0, 0.1) is 23.7 Å². The molecule has 2 bridgehead atoms. The van der Waals surface area contributed by atoms with E-state index < -0.39 is 0 Å². The fourth-order valence-electron chi connectivity index (χ4n) is 6.15. The predicted molar refractivity (Wildman–Crippen MR) is 128 cm³/mol. The Kier molecular flexibility index (Phi) is 4.81. The maximum absolute atomic E-state index is 13.5. The van der Waals surface area contributed by atoms with E-state index in [9.17, 15) is 9.90 Å². The lowest BCUT2D eigenvalue weighted by molar-refractivity contribution is -0.123. The van der Waals surface area contributed by atoms with Gasteiger partial charge in [-0.1, -0.05) is 42.0 Å². The third kappa shape index (κ3) is 3.01. The Morgan fingerprint density at radius 3 is 2.56 bits per heavy atom. The van der Waals surface area contributed by atoms with Crippen molar-refractivity contribution in [3.63, 3.8) is 0 Å². The quantitative estimate of drug-likeness (QED) is 0.442. The molecular weight excluding hydrogens is 442 g/mol. The highest BCUT2D eigenvalue weighted by molar-refractivity contribution is 7.20. The Morgan fingerprint density at radius 2 is 1.88 bits per heavy atom. The minimum absolute atomic E-state index is 0.00526. The summed E-state index contributed by atoms with van der Waals surface area (Å²) in [7, 11) is 0. The minimum atomic E-state index is -0.0433. The average molecular weight is 466 g/mol. The van der Waals surface area contributed by atoms with Crippen LogP contribution in [0.3, 0.4) is 0 Å². The molecule has 4 nitrogen and oxygen atoms in total. The van der Waals surface area contributed by atoms with Crippen LogP contribution in [0.1, 0.15) is 43.7 Å². The molecular formula is C26H24ClNO3S. The van der Waals surface area contributed by atoms with Crippen molar-refractivity contribution in [3.8, 4) is 10.9 Å². The van der Waals surface area contributed by atoms with E-state index in [0.29, 0.717) is 39.1 Å². The zero-order valence-electron chi connectivity index (χ0n) is 17.8. The van der Waals surface area contributed by atoms with Crippen molar-refractivity contribution in [2.45, 2.75) is 39.0 Å². The van der Waals surface area contributed by atoms with Gasteiger partial charge in [-0.15, -0.1) is 0 Å². The molecule has 4 aliphatic rings. The van der Waals surface area contributed by atoms with E-state index in [4.69, 9.17) is 16.3 Å². The Labute approximate surface area is 195 Å². The lowest BCUT2D eigenvalue weighted by Crippen LogP contribution is -2.41. The van der Waals surface area contributed by atoms with Crippen molar-refractivity contribution < 1.29 is 14.6 Å². The van der Waals surface area contributed by atoms with Crippen LogP contribution in [0.15, 0.2) is 42.2 Å². The first-order valence-electron chi connectivity index (χ1n) is 11.4. The molecule has 3 aromatic rings. The summed E-state index contributed by atoms with van der Waals surface area (Å²) in [6, 6.07) is 11.5. The largest absolute Gasteiger partial charge is 0.511 e. The van der Waals surface area contributed by atoms with Crippen molar-refractivity contribution in [2.24, 2.45) is 23.7 Å². The molecule has 7 rings (SSSR count). The van der Waals surface area contributed by atoms with Crippen LogP contribution in [0.2, 0.25) is 5.02 Å². The third-order valence-corrected chi connectivity index (χ3v) is 8.83. The van der Waals surface area contributed by atoms with E-state index in [1.807, 2.05) is 36.4 Å². The van der Waals surface area contributed by atoms with Crippen LogP contribution in [-0.4, -0.2) is 15.9 Å². The number of halogens is 1. The highest BCUT2D eigenvalue weighted by Crippen LogP contribution is 2.57. The van der Waals surface area contributed by atoms with Gasteiger partial charge in [0.1, 0.15) is 17.0 Å². The number of hydrogen-bond donors (Lipinski definition) is 1. The van der Waals surface area contributed by atoms with Gasteiger partial charge in [-0.25, -0.2) is 4.98 Å². The standard InChI is InChI=1S/C26H24ClNO3S/c1-2-13-10-11-16(31-26-28-23-18(27)4-3-5-19(23)32-26)12-17(13)22-24(29)20-14-6-7-15(9-8-14)21(20)25(22)30/h3-5,10-12,14-15,20-21,29H,2,6-9H2,1H3/t14-,15+,20?,21?. The number of aliphatic hydroxyl groups excluding tert-OH is 1. The van der Waals surface area contributed by atoms with Gasteiger partial charge in [-0.2, -0.15) is 0 Å². The lowest BCUT2D eigenvalue weighted by Gasteiger charge is -2.44. The first-order valence-corrected chi connectivity index (χ1v) is 12.6. The van der Waals surface area contributed by atoms with Crippen LogP contribution >= 0.6 is 22.9 Å². The molecule has 3 saturated carbocycles. The first kappa shape index (κ1) is 20.3. The van der Waals surface area contributed by atoms with Crippen molar-refractivity contribution in [1.29, 1.82) is 0 Å². The molecule has 2 atom stereocenters. The van der Waals surface area contributed by atoms with Gasteiger partial charge < -0.3 is 9.84 Å². The van der Waals surface area contributed by atoms with Crippen molar-refractivity contribution in [3.05, 3.63) is 58.3 Å². The number of ether oxygens (including phenoxy) is 1. The monoisotopic (exact) mass is 465 g/mol. The van der Waals surface area contributed by atoms with Gasteiger partial charge >= 0.3 is 0 Å². The molecule has 32 heavy (non-hydrogen) atoms. The molecule has 0 amide bonds. The maximum atomic E-state index is 13.5. The molecule has 6 heteroatoms. The Balaban J connectivity index is 1.39. The Bertz CT molecular complexity index is 1270. The highest BCUT2D eigenvalue weighted by Gasteiger charge is 2.54. The summed E-state index contributed by atoms with van der Waals surface area (Å²) in [6.45, 7) is 2.07. The van der Waals surface area contributed by atoms with Crippen molar-refractivity contribution >= 4 is 44.5 Å². The molecule has 3 fully saturated rings. The summed E-state index contributed by atoms with van der Waals surface area (Å²) in [5.74, 6) is 1.85. The lowest BCUT2D eigenvalue weighted by atomic mass is 9.59. The van der Waals surface area contributed by atoms with Crippen LogP contribution in [0.5, 0.6) is 10.9 Å². The Hall–Kier alpha value is -2.37. The fraction of sp³-hybridized carbons (Fsp3) is 0.385. The molecule has 164 valence electrons. The second kappa shape index (κ2) is 7.60. The van der Waals surface area contributed by atoms with Crippen molar-refractivity contribution in [1.82, 2.24) is 4.98 Å². The fourth-order valence-corrected chi connectivity index (χ4v) is 7.28. The number of aromatic nitrogens is 1. The molecule has 0 aliphatic heterocycles. The average Bonchev–Trinajstić information content (AvgIpc) is 3.35. The van der Waals surface area contributed by atoms with Gasteiger partial charge in [-0.3, -0.25) is 4.79 Å². The number of Topliss-reactive ketones (excluding diaryl/α,β-unsaturated/α-hetero) is 1. The minimum Gasteiger partial charge on any atom is -0.511 e. The van der Waals surface area contributed by atoms with Gasteiger partial charge in [0, 0.05) is 11.8 Å². The van der Waals surface area contributed by atoms with Gasteiger partial charge in [0.05, 0.1) is 15.3 Å². The zero-order chi connectivity index (χ0) is 22.0. The number of ketones is 1. The number of allylic oxidation sites excluding steroid dienone is 2. The number of para-hydroxylation sites is 1. The zero-order valence-corrected chi connectivity index (χ0v) is 19.4. The highest BCUT2D eigenvalue weighted by atomic mass is 35.5. The number of aliphatic hydroxyl groups is 1. The molecule has 0 radical (unpaired) electrons. The number of hydrogen-bond acceptors (Lipinski definition) is 5. The molecule has 1 aromatic heterocycles. The summed E-state index contributed by atoms with van der Waals surface area (Å²) in [4.78, 5) is 18.1. The SMILES string of the molecule is CCc1ccc(Oc2nc3c(Cl)cccc3s2)cc1C1=C(O)C2C(C1=O)[C@H]1CC[C@@H]2CC1. The van der Waals surface area contributed by atoms with E-state index in [1.54, 1.807) is 0 Å². The maximum Gasteiger partial charge on any atom is 0.279 e. The second-order valence-electron chi connectivity index (χ2n) is 9.19. The topological polar surface area (TPSA) is 59.4 Å². The molecule has 2 unspecified atom stereocenters. The van der Waals surface area contributed by atoms with Gasteiger partial charge in [0.25, 0.3) is 5.19 Å². The number of aryl methyl sites for hydroxylation is 1. The summed E-state index contributed by atoms with van der Waals surface area (Å²) in [5, 5.41) is 12.4. The van der Waals surface area contributed by atoms with Crippen LogP contribution in [0.4, 0.5) is 0 Å². The van der Waals surface area contributed by atoms with Crippen molar-refractivity contribution in [2.75, 3.05) is 0 Å². The molecule has 1 heterocycles. The van der Waals surface area contributed by atoms with E-state index in [0.717, 1.165) is 53.4 Å². The van der Waals surface area contributed by atoms with Crippen LogP contribution < -0.4 is 4.74 Å². The van der Waals surface area contributed by atoms with Gasteiger partial charge in [0.2, 0.25) is 0 Å². The number of benzene rings is 2. The number of fused-ring (bicyclic) bond motifs is 3. The summed E-state index contributed by atoms with van der Waals surface area (Å²) < 4.78 is 7.06. The summed E-state index contributed by atoms with van der Waals surface area (Å²) >= 11 is 7.70. The molecule has 0 saturated heterocycles. The van der Waals surface area contributed by atoms with E-state index in [-0.39, 0.29) is 17.6 Å². The smallest absolute Gasteiger partial charge is 0.279 e. The predicted octanol–water partition coefficient (Wildman–Crippen LogP) is 7.21. The number of carbonyl (C=O) groups excluding carboxylic acids is 1. The van der Waals surface area contributed by atoms with E-state index in [1.165, 1.54) is 11.3 Å². The first-order chi connectivity index (χ1) is 15.5. The summed E-state index contributed by atoms with van der Waals surface area (Å²) in [6.07, 6.45) is 5.25. The van der Waals surface area contributed by atoms with Crippen LogP contribution in [-0.2, 0) is 11.2 Å². The Morgan fingerprint density at radius 1 is 1.12 bits per heavy atom. The number of thiazole rings is 1. The van der Waals surface area contributed by atoms with E-state index >= 15 is 0 Å².